The predicted molar refractivity (Wildman–Crippen MR) is 125 cm³/mol. The fourth-order valence-electron chi connectivity index (χ4n) is 5.50. The van der Waals surface area contributed by atoms with Gasteiger partial charge in [-0.3, -0.25) is 4.79 Å². The molecule has 2 heterocycles. The third kappa shape index (κ3) is 6.35. The first-order valence-electron chi connectivity index (χ1n) is 12.6. The molecule has 2 aliphatic heterocycles. The molecule has 0 aromatic carbocycles. The molecule has 2 saturated heterocycles. The molecule has 0 bridgehead atoms. The van der Waals surface area contributed by atoms with E-state index in [9.17, 15) is 35.4 Å². The molecule has 6 N–H and O–H groups in total. The minimum Gasteiger partial charge on any atom is -0.394 e. The van der Waals surface area contributed by atoms with E-state index in [1.807, 2.05) is 13.8 Å². The molecule has 3 rings (SSSR count). The van der Waals surface area contributed by atoms with Crippen molar-refractivity contribution >= 4 is 5.78 Å². The first kappa shape index (κ1) is 29.6. The van der Waals surface area contributed by atoms with Crippen LogP contribution in [0.1, 0.15) is 53.9 Å². The monoisotopic (exact) mass is 518 g/mol. The maximum absolute atomic E-state index is 12.0. The van der Waals surface area contributed by atoms with Gasteiger partial charge in [0.25, 0.3) is 0 Å². The third-order valence-electron chi connectivity index (χ3n) is 7.66. The summed E-state index contributed by atoms with van der Waals surface area (Å²) in [5.41, 5.74) is 0.831. The average Bonchev–Trinajstić information content (AvgIpc) is 2.79. The molecular weight excluding hydrogens is 476 g/mol. The van der Waals surface area contributed by atoms with Gasteiger partial charge in [-0.25, -0.2) is 0 Å². The van der Waals surface area contributed by atoms with E-state index in [0.29, 0.717) is 12.8 Å². The number of allylic oxidation sites excluding steroid dienone is 2. The van der Waals surface area contributed by atoms with E-state index in [-0.39, 0.29) is 17.1 Å². The maximum atomic E-state index is 12.0. The quantitative estimate of drug-likeness (QED) is 0.242. The first-order valence-corrected chi connectivity index (χ1v) is 12.6. The average molecular weight is 519 g/mol. The van der Waals surface area contributed by atoms with Gasteiger partial charge in [-0.1, -0.05) is 19.4 Å². The Bertz CT molecular complexity index is 786. The Hall–Kier alpha value is -0.990. The van der Waals surface area contributed by atoms with Crippen LogP contribution in [0.2, 0.25) is 0 Å². The largest absolute Gasteiger partial charge is 0.394 e. The van der Waals surface area contributed by atoms with Gasteiger partial charge >= 0.3 is 0 Å². The van der Waals surface area contributed by atoms with Crippen LogP contribution < -0.4 is 0 Å². The van der Waals surface area contributed by atoms with Gasteiger partial charge in [-0.15, -0.1) is 0 Å². The summed E-state index contributed by atoms with van der Waals surface area (Å²) in [6, 6.07) is 0. The second kappa shape index (κ2) is 11.8. The summed E-state index contributed by atoms with van der Waals surface area (Å²) >= 11 is 0. The Balaban J connectivity index is 1.70. The third-order valence-corrected chi connectivity index (χ3v) is 7.66. The lowest BCUT2D eigenvalue weighted by Crippen LogP contribution is -2.64. The molecule has 11 nitrogen and oxygen atoms in total. The van der Waals surface area contributed by atoms with Crippen molar-refractivity contribution in [2.45, 2.75) is 121 Å². The molecule has 0 aromatic rings. The summed E-state index contributed by atoms with van der Waals surface area (Å²) in [6.45, 7) is 8.83. The lowest BCUT2D eigenvalue weighted by Gasteiger charge is -2.46. The molecule has 0 radical (unpaired) electrons. The highest BCUT2D eigenvalue weighted by Crippen LogP contribution is 2.42. The van der Waals surface area contributed by atoms with Crippen molar-refractivity contribution < 1.29 is 54.4 Å². The zero-order chi connectivity index (χ0) is 26.9. The van der Waals surface area contributed by atoms with E-state index in [1.54, 1.807) is 6.08 Å². The van der Waals surface area contributed by atoms with Crippen LogP contribution in [0, 0.1) is 11.3 Å². The molecule has 2 fully saturated rings. The van der Waals surface area contributed by atoms with Crippen LogP contribution in [0.25, 0.3) is 0 Å². The van der Waals surface area contributed by atoms with Crippen molar-refractivity contribution in [3.8, 4) is 0 Å². The van der Waals surface area contributed by atoms with Crippen LogP contribution in [0.3, 0.4) is 0 Å². The second-order valence-electron chi connectivity index (χ2n) is 11.1. The van der Waals surface area contributed by atoms with Crippen molar-refractivity contribution in [1.29, 1.82) is 0 Å². The summed E-state index contributed by atoms with van der Waals surface area (Å²) in [4.78, 5) is 12.0. The number of aliphatic hydroxyl groups excluding tert-OH is 6. The summed E-state index contributed by atoms with van der Waals surface area (Å²) < 4.78 is 23.0. The molecule has 3 aliphatic rings. The molecule has 1 aliphatic carbocycles. The Kier molecular flexibility index (Phi) is 9.70. The van der Waals surface area contributed by atoms with E-state index in [0.717, 1.165) is 12.0 Å². The molecule has 36 heavy (non-hydrogen) atoms. The van der Waals surface area contributed by atoms with Crippen molar-refractivity contribution in [2.24, 2.45) is 11.3 Å². The number of ether oxygens (including phenoxy) is 4. The van der Waals surface area contributed by atoms with Gasteiger partial charge in [0.1, 0.15) is 42.7 Å². The molecular formula is C25H42O11. The summed E-state index contributed by atoms with van der Waals surface area (Å²) in [6.07, 6.45) is -10.5. The van der Waals surface area contributed by atoms with E-state index < -0.39 is 74.1 Å². The number of aliphatic hydroxyl groups is 6. The molecule has 0 unspecified atom stereocenters. The first-order chi connectivity index (χ1) is 16.8. The van der Waals surface area contributed by atoms with Crippen LogP contribution in [0.5, 0.6) is 0 Å². The zero-order valence-corrected chi connectivity index (χ0v) is 21.6. The number of rotatable bonds is 8. The minimum atomic E-state index is -1.62. The van der Waals surface area contributed by atoms with Crippen LogP contribution in [0.4, 0.5) is 0 Å². The van der Waals surface area contributed by atoms with Gasteiger partial charge in [0.05, 0.1) is 18.8 Å². The number of carbonyl (C=O) groups excluding carboxylic acids is 1. The molecule has 12 atom stereocenters. The maximum Gasteiger partial charge on any atom is 0.187 e. The number of hydrogen-bond acceptors (Lipinski definition) is 11. The Morgan fingerprint density at radius 3 is 2.31 bits per heavy atom. The summed E-state index contributed by atoms with van der Waals surface area (Å²) in [7, 11) is 0. The predicted octanol–water partition coefficient (Wildman–Crippen LogP) is -0.615. The van der Waals surface area contributed by atoms with Gasteiger partial charge < -0.3 is 49.6 Å². The van der Waals surface area contributed by atoms with Crippen molar-refractivity contribution in [1.82, 2.24) is 0 Å². The Morgan fingerprint density at radius 1 is 1.03 bits per heavy atom. The van der Waals surface area contributed by atoms with Gasteiger partial charge in [-0.05, 0) is 51.0 Å². The number of carbonyl (C=O) groups is 1. The lowest BCUT2D eigenvalue weighted by atomic mass is 9.66. The molecule has 0 aromatic heterocycles. The highest BCUT2D eigenvalue weighted by atomic mass is 16.8. The molecule has 0 spiro atoms. The minimum absolute atomic E-state index is 0.121. The molecule has 0 amide bonds. The van der Waals surface area contributed by atoms with Crippen LogP contribution in [0.15, 0.2) is 11.6 Å². The van der Waals surface area contributed by atoms with Crippen LogP contribution in [-0.2, 0) is 23.7 Å². The van der Waals surface area contributed by atoms with Gasteiger partial charge in [-0.2, -0.15) is 0 Å². The van der Waals surface area contributed by atoms with Crippen LogP contribution in [-0.4, -0.2) is 111 Å². The van der Waals surface area contributed by atoms with Gasteiger partial charge in [0.2, 0.25) is 0 Å². The number of hydrogen-bond donors (Lipinski definition) is 6. The highest BCUT2D eigenvalue weighted by Gasteiger charge is 2.50. The number of ketones is 1. The SMILES string of the molecule is CC1=CC(=O)CC(C)(C)[C@H]1CC[C@H](C)O[C@@H]1O[C@H](CO)[C@@H](O)[C@H](O)[C@H]1O[C@@H]1O[C@@H](C)[C@H](O)[C@@H](O)[C@@H]1O. The molecule has 11 heteroatoms. The smallest absolute Gasteiger partial charge is 0.187 e. The zero-order valence-electron chi connectivity index (χ0n) is 21.6. The van der Waals surface area contributed by atoms with E-state index in [4.69, 9.17) is 18.9 Å². The standard InChI is InChI=1S/C25H42O11/c1-11-8-14(27)9-25(4,5)15(11)7-6-12(2)33-24-22(20(31)18(29)16(10-26)35-24)36-23-21(32)19(30)17(28)13(3)34-23/h8,12-13,15-24,26,28-32H,6-7,9-10H2,1-5H3/t12-,13-,15-,16+,17-,18+,19+,20-,21-,22+,23-,24+/m0/s1. The fraction of sp³-hybridized carbons (Fsp3) is 0.880. The van der Waals surface area contributed by atoms with Crippen LogP contribution >= 0.6 is 0 Å². The summed E-state index contributed by atoms with van der Waals surface area (Å²) in [5.74, 6) is 0.300. The fourth-order valence-corrected chi connectivity index (χ4v) is 5.50. The Labute approximate surface area is 211 Å². The molecule has 0 saturated carbocycles. The second-order valence-corrected chi connectivity index (χ2v) is 11.1. The van der Waals surface area contributed by atoms with Gasteiger partial charge in [0, 0.05) is 6.42 Å². The molecule has 208 valence electrons. The van der Waals surface area contributed by atoms with Gasteiger partial charge in [0.15, 0.2) is 18.4 Å². The Morgan fingerprint density at radius 2 is 1.69 bits per heavy atom. The normalized spacial score (nSPS) is 44.2. The topological polar surface area (TPSA) is 175 Å². The lowest BCUT2D eigenvalue weighted by molar-refractivity contribution is -0.368. The summed E-state index contributed by atoms with van der Waals surface area (Å²) in [5, 5.41) is 61.1. The van der Waals surface area contributed by atoms with E-state index in [1.165, 1.54) is 6.92 Å². The van der Waals surface area contributed by atoms with Crippen molar-refractivity contribution in [3.05, 3.63) is 11.6 Å². The van der Waals surface area contributed by atoms with Crippen molar-refractivity contribution in [2.75, 3.05) is 6.61 Å². The highest BCUT2D eigenvalue weighted by molar-refractivity contribution is 5.91. The van der Waals surface area contributed by atoms with E-state index >= 15 is 0 Å². The van der Waals surface area contributed by atoms with Crippen molar-refractivity contribution in [3.63, 3.8) is 0 Å². The van der Waals surface area contributed by atoms with E-state index in [2.05, 4.69) is 13.8 Å².